The van der Waals surface area contributed by atoms with Crippen LogP contribution in [0.3, 0.4) is 0 Å². The van der Waals surface area contributed by atoms with Gasteiger partial charge in [0.15, 0.2) is 5.78 Å². The molecule has 0 spiro atoms. The third kappa shape index (κ3) is 3.42. The molecule has 0 saturated heterocycles. The maximum absolute atomic E-state index is 11.1. The van der Waals surface area contributed by atoms with E-state index in [-0.39, 0.29) is 5.78 Å². The molecule has 86 valence electrons. The van der Waals surface area contributed by atoms with Gasteiger partial charge in [-0.2, -0.15) is 0 Å². The molecule has 16 heavy (non-hydrogen) atoms. The van der Waals surface area contributed by atoms with Crippen LogP contribution in [-0.2, 0) is 4.79 Å². The van der Waals surface area contributed by atoms with E-state index in [0.717, 1.165) is 16.2 Å². The molecule has 0 aliphatic carbocycles. The minimum Gasteiger partial charge on any atom is -0.378 e. The van der Waals surface area contributed by atoms with Gasteiger partial charge in [-0.3, -0.25) is 4.79 Å². The van der Waals surface area contributed by atoms with Gasteiger partial charge in [0.05, 0.1) is 0 Å². The zero-order chi connectivity index (χ0) is 12.1. The number of carbonyl (C=O) groups is 1. The van der Waals surface area contributed by atoms with Crippen LogP contribution in [-0.4, -0.2) is 26.1 Å². The molecule has 0 aromatic heterocycles. The van der Waals surface area contributed by atoms with E-state index in [0.29, 0.717) is 0 Å². The fraction of sp³-hybridized carbons (Fsp3) is 0.308. The average Bonchev–Trinajstić information content (AvgIpc) is 2.25. The molecule has 0 unspecified atom stereocenters. The number of allylic oxidation sites excluding steroid dienone is 1. The predicted octanol–water partition coefficient (Wildman–Crippen LogP) is 3.05. The van der Waals surface area contributed by atoms with Gasteiger partial charge >= 0.3 is 0 Å². The van der Waals surface area contributed by atoms with Crippen LogP contribution in [0.15, 0.2) is 30.3 Å². The van der Waals surface area contributed by atoms with Crippen molar-refractivity contribution in [2.75, 3.05) is 25.3 Å². The number of benzene rings is 1. The Morgan fingerprint density at radius 2 is 1.81 bits per heavy atom. The predicted molar refractivity (Wildman–Crippen MR) is 72.9 cm³/mol. The van der Waals surface area contributed by atoms with E-state index < -0.39 is 0 Å². The van der Waals surface area contributed by atoms with Crippen LogP contribution in [0.25, 0.3) is 4.91 Å². The second-order valence-electron chi connectivity index (χ2n) is 3.76. The Labute approximate surface area is 101 Å². The van der Waals surface area contributed by atoms with Crippen molar-refractivity contribution < 1.29 is 4.79 Å². The first-order valence-corrected chi connectivity index (χ1v) is 6.31. The molecule has 0 bridgehead atoms. The van der Waals surface area contributed by atoms with Gasteiger partial charge in [0.2, 0.25) is 0 Å². The summed E-state index contributed by atoms with van der Waals surface area (Å²) in [7, 11) is 4.02. The maximum Gasteiger partial charge on any atom is 0.153 e. The van der Waals surface area contributed by atoms with E-state index in [9.17, 15) is 4.79 Å². The largest absolute Gasteiger partial charge is 0.378 e. The van der Waals surface area contributed by atoms with Crippen molar-refractivity contribution in [3.8, 4) is 0 Å². The maximum atomic E-state index is 11.1. The first-order valence-electron chi connectivity index (χ1n) is 5.08. The van der Waals surface area contributed by atoms with E-state index in [1.807, 2.05) is 32.5 Å². The lowest BCUT2D eigenvalue weighted by Crippen LogP contribution is -2.08. The summed E-state index contributed by atoms with van der Waals surface area (Å²) < 4.78 is 0. The molecule has 0 saturated carbocycles. The van der Waals surface area contributed by atoms with E-state index >= 15 is 0 Å². The molecule has 0 aliphatic rings. The quantitative estimate of drug-likeness (QED) is 0.748. The standard InChI is InChI=1S/C13H17NOS/c1-10(15)9-13(16-4)11-5-7-12(8-6-11)14(2)3/h5-9H,1-4H3/b13-9+. The van der Waals surface area contributed by atoms with E-state index in [1.54, 1.807) is 24.8 Å². The van der Waals surface area contributed by atoms with E-state index in [4.69, 9.17) is 0 Å². The van der Waals surface area contributed by atoms with Gasteiger partial charge < -0.3 is 4.90 Å². The van der Waals surface area contributed by atoms with Crippen LogP contribution < -0.4 is 4.90 Å². The van der Waals surface area contributed by atoms with Gasteiger partial charge in [-0.25, -0.2) is 0 Å². The molecule has 1 aromatic carbocycles. The Balaban J connectivity index is 3.00. The topological polar surface area (TPSA) is 20.3 Å². The van der Waals surface area contributed by atoms with Crippen LogP contribution in [0.5, 0.6) is 0 Å². The lowest BCUT2D eigenvalue weighted by Gasteiger charge is -2.13. The first kappa shape index (κ1) is 12.8. The van der Waals surface area contributed by atoms with Crippen molar-refractivity contribution >= 4 is 28.1 Å². The van der Waals surface area contributed by atoms with Crippen LogP contribution in [0.4, 0.5) is 5.69 Å². The van der Waals surface area contributed by atoms with Crippen molar-refractivity contribution in [2.45, 2.75) is 6.92 Å². The Kier molecular flexibility index (Phi) is 4.62. The molecule has 1 aromatic rings. The van der Waals surface area contributed by atoms with Gasteiger partial charge in [-0.05, 0) is 37.0 Å². The Morgan fingerprint density at radius 3 is 2.19 bits per heavy atom. The summed E-state index contributed by atoms with van der Waals surface area (Å²) in [5.41, 5.74) is 2.25. The van der Waals surface area contributed by atoms with Crippen LogP contribution in [0.2, 0.25) is 0 Å². The van der Waals surface area contributed by atoms with Crippen LogP contribution >= 0.6 is 11.8 Å². The number of hydrogen-bond acceptors (Lipinski definition) is 3. The minimum absolute atomic E-state index is 0.0843. The smallest absolute Gasteiger partial charge is 0.153 e. The number of rotatable bonds is 4. The Hall–Kier alpha value is -1.22. The van der Waals surface area contributed by atoms with Gasteiger partial charge in [-0.15, -0.1) is 11.8 Å². The average molecular weight is 235 g/mol. The molecule has 2 nitrogen and oxygen atoms in total. The summed E-state index contributed by atoms with van der Waals surface area (Å²) in [4.78, 5) is 14.1. The van der Waals surface area contributed by atoms with Crippen molar-refractivity contribution in [3.05, 3.63) is 35.9 Å². The lowest BCUT2D eigenvalue weighted by molar-refractivity contribution is -0.112. The second kappa shape index (κ2) is 5.75. The summed E-state index contributed by atoms with van der Waals surface area (Å²) in [5, 5.41) is 0. The number of thioether (sulfide) groups is 1. The zero-order valence-electron chi connectivity index (χ0n) is 10.2. The normalized spacial score (nSPS) is 11.4. The highest BCUT2D eigenvalue weighted by molar-refractivity contribution is 8.07. The highest BCUT2D eigenvalue weighted by atomic mass is 32.2. The molecule has 0 fully saturated rings. The fourth-order valence-corrected chi connectivity index (χ4v) is 2.02. The van der Waals surface area contributed by atoms with E-state index in [2.05, 4.69) is 17.0 Å². The molecule has 1 rings (SSSR count). The van der Waals surface area contributed by atoms with Crippen LogP contribution in [0, 0.1) is 0 Å². The summed E-state index contributed by atoms with van der Waals surface area (Å²) in [5.74, 6) is 0.0843. The minimum atomic E-state index is 0.0843. The van der Waals surface area contributed by atoms with Gasteiger partial charge in [0.25, 0.3) is 0 Å². The Bertz CT molecular complexity index is 393. The second-order valence-corrected chi connectivity index (χ2v) is 4.61. The van der Waals surface area contributed by atoms with Crippen molar-refractivity contribution in [1.82, 2.24) is 0 Å². The third-order valence-corrected chi connectivity index (χ3v) is 3.02. The molecule has 3 heteroatoms. The molecule has 0 amide bonds. The van der Waals surface area contributed by atoms with Gasteiger partial charge in [0.1, 0.15) is 0 Å². The molecular formula is C13H17NOS. The van der Waals surface area contributed by atoms with Gasteiger partial charge in [-0.1, -0.05) is 12.1 Å². The molecule has 0 aliphatic heterocycles. The van der Waals surface area contributed by atoms with Gasteiger partial charge in [0, 0.05) is 24.7 Å². The molecule has 0 heterocycles. The van der Waals surface area contributed by atoms with Crippen molar-refractivity contribution in [1.29, 1.82) is 0 Å². The number of carbonyl (C=O) groups excluding carboxylic acids is 1. The first-order chi connectivity index (χ1) is 7.54. The number of anilines is 1. The van der Waals surface area contributed by atoms with Crippen molar-refractivity contribution in [2.24, 2.45) is 0 Å². The number of nitrogens with zero attached hydrogens (tertiary/aromatic N) is 1. The zero-order valence-corrected chi connectivity index (χ0v) is 11.0. The fourth-order valence-electron chi connectivity index (χ4n) is 1.37. The monoisotopic (exact) mass is 235 g/mol. The van der Waals surface area contributed by atoms with Crippen molar-refractivity contribution in [3.63, 3.8) is 0 Å². The molecule has 0 radical (unpaired) electrons. The summed E-state index contributed by atoms with van der Waals surface area (Å²) in [6.07, 6.45) is 3.66. The highest BCUT2D eigenvalue weighted by Crippen LogP contribution is 2.26. The van der Waals surface area contributed by atoms with E-state index in [1.165, 1.54) is 0 Å². The molecule has 0 atom stereocenters. The molecule has 0 N–H and O–H groups in total. The lowest BCUT2D eigenvalue weighted by atomic mass is 10.1. The SMILES string of the molecule is CS/C(=C/C(C)=O)c1ccc(N(C)C)cc1. The number of hydrogen-bond donors (Lipinski definition) is 0. The van der Waals surface area contributed by atoms with Crippen LogP contribution in [0.1, 0.15) is 12.5 Å². The summed E-state index contributed by atoms with van der Waals surface area (Å²) in [6, 6.07) is 8.19. The summed E-state index contributed by atoms with van der Waals surface area (Å²) in [6.45, 7) is 1.57. The Morgan fingerprint density at radius 1 is 1.25 bits per heavy atom. The highest BCUT2D eigenvalue weighted by Gasteiger charge is 2.02. The third-order valence-electron chi connectivity index (χ3n) is 2.22. The summed E-state index contributed by atoms with van der Waals surface area (Å²) >= 11 is 1.59. The molecular weight excluding hydrogens is 218 g/mol. The number of ketones is 1.